The Morgan fingerprint density at radius 2 is 1.67 bits per heavy atom. The normalized spacial score (nSPS) is 15.8. The monoisotopic (exact) mass is 374 g/mol. The molecule has 0 aliphatic carbocycles. The number of alkyl halides is 3. The van der Waals surface area contributed by atoms with Crippen LogP contribution in [-0.4, -0.2) is 11.8 Å². The molecule has 0 spiro atoms. The average Bonchev–Trinajstić information content (AvgIpc) is 2.91. The van der Waals surface area contributed by atoms with Gasteiger partial charge in [-0.25, -0.2) is 0 Å². The molecule has 1 aliphatic heterocycles. The van der Waals surface area contributed by atoms with Gasteiger partial charge in [-0.1, -0.05) is 30.3 Å². The number of carboxylic acid groups (broad SMARTS) is 1. The van der Waals surface area contributed by atoms with Crippen molar-refractivity contribution in [3.63, 3.8) is 0 Å². The van der Waals surface area contributed by atoms with E-state index in [1.807, 2.05) is 0 Å². The second-order valence-electron chi connectivity index (χ2n) is 5.54. The van der Waals surface area contributed by atoms with Crippen LogP contribution in [0.25, 0.3) is 6.08 Å². The van der Waals surface area contributed by atoms with E-state index >= 15 is 0 Å². The highest BCUT2D eigenvalue weighted by atomic mass is 19.4. The standard InChI is InChI=1S/C19H12F3NO4/c20-19(21,22)12-8-6-11(7-9-12)10-14-16(24)15(18(25)26)17(27-14)23-13-4-2-1-3-5-13/h1-10,23H,(H,25,26)/p-1/b14-10-. The van der Waals surface area contributed by atoms with Crippen LogP contribution < -0.4 is 10.4 Å². The lowest BCUT2D eigenvalue weighted by atomic mass is 10.1. The maximum absolute atomic E-state index is 12.6. The fourth-order valence-corrected chi connectivity index (χ4v) is 2.37. The van der Waals surface area contributed by atoms with Gasteiger partial charge in [0.2, 0.25) is 11.7 Å². The molecule has 2 aromatic rings. The molecule has 0 saturated carbocycles. The molecule has 1 aliphatic rings. The van der Waals surface area contributed by atoms with Gasteiger partial charge in [-0.3, -0.25) is 4.79 Å². The van der Waals surface area contributed by atoms with Gasteiger partial charge in [0.05, 0.1) is 11.5 Å². The maximum atomic E-state index is 12.6. The van der Waals surface area contributed by atoms with Gasteiger partial charge < -0.3 is 20.0 Å². The number of carbonyl (C=O) groups excluding carboxylic acids is 2. The van der Waals surface area contributed by atoms with E-state index < -0.39 is 29.1 Å². The van der Waals surface area contributed by atoms with Crippen molar-refractivity contribution in [2.45, 2.75) is 6.18 Å². The number of nitrogens with one attached hydrogen (secondary N) is 1. The van der Waals surface area contributed by atoms with Crippen molar-refractivity contribution in [2.24, 2.45) is 0 Å². The summed E-state index contributed by atoms with van der Waals surface area (Å²) in [5, 5.41) is 14.0. The molecule has 0 atom stereocenters. The van der Waals surface area contributed by atoms with E-state index in [0.29, 0.717) is 5.69 Å². The van der Waals surface area contributed by atoms with Gasteiger partial charge in [-0.05, 0) is 35.9 Å². The summed E-state index contributed by atoms with van der Waals surface area (Å²) in [7, 11) is 0. The van der Waals surface area contributed by atoms with Crippen molar-refractivity contribution in [2.75, 3.05) is 5.32 Å². The number of ether oxygens (including phenoxy) is 1. The first kappa shape index (κ1) is 18.2. The van der Waals surface area contributed by atoms with Gasteiger partial charge in [-0.2, -0.15) is 13.2 Å². The van der Waals surface area contributed by atoms with E-state index in [0.717, 1.165) is 30.3 Å². The molecule has 5 nitrogen and oxygen atoms in total. The Kier molecular flexibility index (Phi) is 4.72. The largest absolute Gasteiger partial charge is 0.544 e. The molecular weight excluding hydrogens is 363 g/mol. The minimum Gasteiger partial charge on any atom is -0.544 e. The van der Waals surface area contributed by atoms with E-state index in [2.05, 4.69) is 5.32 Å². The van der Waals surface area contributed by atoms with Crippen LogP contribution in [0, 0.1) is 0 Å². The number of para-hydroxylation sites is 1. The summed E-state index contributed by atoms with van der Waals surface area (Å²) in [6, 6.07) is 12.4. The highest BCUT2D eigenvalue weighted by molar-refractivity contribution is 6.25. The predicted octanol–water partition coefficient (Wildman–Crippen LogP) is 2.72. The number of Topliss-reactive ketones (excluding diaryl/α,β-unsaturated/α-hetero) is 1. The second-order valence-corrected chi connectivity index (χ2v) is 5.54. The first-order chi connectivity index (χ1) is 12.8. The average molecular weight is 374 g/mol. The third kappa shape index (κ3) is 4.00. The van der Waals surface area contributed by atoms with Crippen molar-refractivity contribution in [1.29, 1.82) is 0 Å². The number of halogens is 3. The lowest BCUT2D eigenvalue weighted by Crippen LogP contribution is -2.28. The van der Waals surface area contributed by atoms with Crippen LogP contribution in [0.4, 0.5) is 18.9 Å². The van der Waals surface area contributed by atoms with Crippen LogP contribution in [0.2, 0.25) is 0 Å². The van der Waals surface area contributed by atoms with Crippen LogP contribution in [0.3, 0.4) is 0 Å². The van der Waals surface area contributed by atoms with Crippen LogP contribution in [0.1, 0.15) is 11.1 Å². The van der Waals surface area contributed by atoms with Gasteiger partial charge >= 0.3 is 6.18 Å². The summed E-state index contributed by atoms with van der Waals surface area (Å²) in [5.41, 5.74) is -0.819. The van der Waals surface area contributed by atoms with Crippen molar-refractivity contribution in [3.8, 4) is 0 Å². The Morgan fingerprint density at radius 3 is 2.22 bits per heavy atom. The van der Waals surface area contributed by atoms with E-state index in [9.17, 15) is 27.9 Å². The Labute approximate surface area is 151 Å². The highest BCUT2D eigenvalue weighted by Crippen LogP contribution is 2.31. The summed E-state index contributed by atoms with van der Waals surface area (Å²) >= 11 is 0. The minimum atomic E-state index is -4.48. The van der Waals surface area contributed by atoms with Gasteiger partial charge in [-0.15, -0.1) is 0 Å². The molecule has 27 heavy (non-hydrogen) atoms. The molecule has 0 aromatic heterocycles. The first-order valence-corrected chi connectivity index (χ1v) is 7.65. The summed E-state index contributed by atoms with van der Waals surface area (Å²) in [6.07, 6.45) is -3.33. The molecule has 0 amide bonds. The van der Waals surface area contributed by atoms with Gasteiger partial charge in [0.25, 0.3) is 0 Å². The molecule has 0 bridgehead atoms. The van der Waals surface area contributed by atoms with Crippen LogP contribution in [0.15, 0.2) is 71.8 Å². The topological polar surface area (TPSA) is 78.5 Å². The molecule has 2 aromatic carbocycles. The Hall–Kier alpha value is -3.55. The highest BCUT2D eigenvalue weighted by Gasteiger charge is 2.32. The number of allylic oxidation sites excluding steroid dienone is 1. The Morgan fingerprint density at radius 1 is 1.04 bits per heavy atom. The number of hydrogen-bond donors (Lipinski definition) is 1. The number of hydrogen-bond acceptors (Lipinski definition) is 5. The smallest absolute Gasteiger partial charge is 0.416 e. The van der Waals surface area contributed by atoms with Crippen LogP contribution in [0.5, 0.6) is 0 Å². The summed E-state index contributed by atoms with van der Waals surface area (Å²) in [5.74, 6) is -3.32. The molecule has 0 radical (unpaired) electrons. The zero-order chi connectivity index (χ0) is 19.6. The van der Waals surface area contributed by atoms with Crippen molar-refractivity contribution in [1.82, 2.24) is 0 Å². The quantitative estimate of drug-likeness (QED) is 0.658. The van der Waals surface area contributed by atoms with E-state index in [4.69, 9.17) is 4.74 Å². The zero-order valence-corrected chi connectivity index (χ0v) is 13.5. The lowest BCUT2D eigenvalue weighted by Gasteiger charge is -2.09. The number of carbonyl (C=O) groups is 2. The summed E-state index contributed by atoms with van der Waals surface area (Å²) < 4.78 is 43.1. The first-order valence-electron chi connectivity index (χ1n) is 7.65. The second kappa shape index (κ2) is 6.99. The number of anilines is 1. The van der Waals surface area contributed by atoms with E-state index in [-0.39, 0.29) is 17.2 Å². The zero-order valence-electron chi connectivity index (χ0n) is 13.5. The van der Waals surface area contributed by atoms with Crippen molar-refractivity contribution >= 4 is 23.5 Å². The number of rotatable bonds is 4. The third-order valence-electron chi connectivity index (χ3n) is 3.66. The molecule has 3 rings (SSSR count). The van der Waals surface area contributed by atoms with Gasteiger partial charge in [0, 0.05) is 5.69 Å². The summed E-state index contributed by atoms with van der Waals surface area (Å²) in [6.45, 7) is 0. The van der Waals surface area contributed by atoms with Crippen LogP contribution in [-0.2, 0) is 20.5 Å². The van der Waals surface area contributed by atoms with Crippen LogP contribution >= 0.6 is 0 Å². The predicted molar refractivity (Wildman–Crippen MR) is 87.6 cm³/mol. The fraction of sp³-hybridized carbons (Fsp3) is 0.0526. The number of benzene rings is 2. The molecule has 1 N–H and O–H groups in total. The fourth-order valence-electron chi connectivity index (χ4n) is 2.37. The molecule has 0 unspecified atom stereocenters. The maximum Gasteiger partial charge on any atom is 0.416 e. The van der Waals surface area contributed by atoms with Gasteiger partial charge in [0.1, 0.15) is 5.57 Å². The molecular formula is C19H11F3NO4-. The third-order valence-corrected chi connectivity index (χ3v) is 3.66. The molecule has 0 fully saturated rings. The number of aliphatic carboxylic acids is 1. The Balaban J connectivity index is 1.87. The SMILES string of the molecule is O=C([O-])C1=C(Nc2ccccc2)O/C(=C\c2ccc(C(F)(F)F)cc2)C1=O. The molecule has 0 saturated heterocycles. The number of carboxylic acids is 1. The van der Waals surface area contributed by atoms with Crippen molar-refractivity contribution < 1.29 is 32.6 Å². The van der Waals surface area contributed by atoms with Crippen molar-refractivity contribution in [3.05, 3.63) is 82.9 Å². The summed E-state index contributed by atoms with van der Waals surface area (Å²) in [4.78, 5) is 23.6. The lowest BCUT2D eigenvalue weighted by molar-refractivity contribution is -0.298. The Bertz CT molecular complexity index is 945. The minimum absolute atomic E-state index is 0.241. The molecule has 1 heterocycles. The molecule has 8 heteroatoms. The van der Waals surface area contributed by atoms with Gasteiger partial charge in [0.15, 0.2) is 5.76 Å². The van der Waals surface area contributed by atoms with E-state index in [1.54, 1.807) is 30.3 Å². The van der Waals surface area contributed by atoms with E-state index in [1.165, 1.54) is 0 Å². The number of ketones is 1. The molecule has 138 valence electrons.